The Morgan fingerprint density at radius 2 is 1.78 bits per heavy atom. The summed E-state index contributed by atoms with van der Waals surface area (Å²) in [5, 5.41) is 2.94. The molecule has 0 aliphatic carbocycles. The Kier molecular flexibility index (Phi) is 5.91. The normalized spacial score (nSPS) is 10.0. The van der Waals surface area contributed by atoms with Crippen molar-refractivity contribution in [3.05, 3.63) is 63.0 Å². The van der Waals surface area contributed by atoms with Gasteiger partial charge in [-0.3, -0.25) is 20.4 Å². The Morgan fingerprint density at radius 3 is 2.43 bits per heavy atom. The van der Waals surface area contributed by atoms with E-state index in [1.54, 1.807) is 0 Å². The molecule has 0 bridgehead atoms. The number of nitrogens with one attached hydrogen (secondary N) is 3. The van der Waals surface area contributed by atoms with E-state index in [-0.39, 0.29) is 6.54 Å². The average Bonchev–Trinajstić information content (AvgIpc) is 2.52. The molecule has 2 aromatic carbocycles. The number of amides is 2. The molecular formula is C16H15FIN3O2. The van der Waals surface area contributed by atoms with E-state index in [4.69, 9.17) is 0 Å². The van der Waals surface area contributed by atoms with Gasteiger partial charge in [0.25, 0.3) is 11.8 Å². The van der Waals surface area contributed by atoms with Gasteiger partial charge in [0.1, 0.15) is 5.82 Å². The monoisotopic (exact) mass is 427 g/mol. The third-order valence-electron chi connectivity index (χ3n) is 3.00. The minimum atomic E-state index is -0.502. The number of halogens is 2. The van der Waals surface area contributed by atoms with Crippen molar-refractivity contribution in [1.29, 1.82) is 0 Å². The molecule has 0 saturated carbocycles. The van der Waals surface area contributed by atoms with Crippen LogP contribution < -0.4 is 16.2 Å². The zero-order valence-electron chi connectivity index (χ0n) is 12.3. The number of rotatable bonds is 4. The molecular weight excluding hydrogens is 412 g/mol. The second kappa shape index (κ2) is 7.91. The molecule has 0 fully saturated rings. The van der Waals surface area contributed by atoms with Crippen LogP contribution in [0.5, 0.6) is 0 Å². The van der Waals surface area contributed by atoms with E-state index >= 15 is 0 Å². The van der Waals surface area contributed by atoms with Crippen LogP contribution in [0.2, 0.25) is 0 Å². The fourth-order valence-corrected chi connectivity index (χ4v) is 2.49. The van der Waals surface area contributed by atoms with E-state index in [9.17, 15) is 14.0 Å². The van der Waals surface area contributed by atoms with Crippen molar-refractivity contribution in [3.63, 3.8) is 0 Å². The van der Waals surface area contributed by atoms with E-state index in [0.29, 0.717) is 9.13 Å². The van der Waals surface area contributed by atoms with Crippen molar-refractivity contribution >= 4 is 40.1 Å². The highest BCUT2D eigenvalue weighted by Crippen LogP contribution is 2.13. The maximum Gasteiger partial charge on any atom is 0.270 e. The fraction of sp³-hybridized carbons (Fsp3) is 0.125. The van der Waals surface area contributed by atoms with Crippen molar-refractivity contribution in [3.8, 4) is 0 Å². The average molecular weight is 427 g/mol. The third-order valence-corrected chi connectivity index (χ3v) is 3.89. The van der Waals surface area contributed by atoms with Crippen LogP contribution in [0.1, 0.15) is 15.9 Å². The van der Waals surface area contributed by atoms with Crippen LogP contribution in [0.15, 0.2) is 42.5 Å². The van der Waals surface area contributed by atoms with Crippen molar-refractivity contribution in [2.45, 2.75) is 6.92 Å². The highest BCUT2D eigenvalue weighted by atomic mass is 127. The van der Waals surface area contributed by atoms with Crippen LogP contribution in [0.4, 0.5) is 10.1 Å². The topological polar surface area (TPSA) is 70.2 Å². The summed E-state index contributed by atoms with van der Waals surface area (Å²) in [6, 6.07) is 11.4. The van der Waals surface area contributed by atoms with E-state index in [1.807, 2.05) is 53.8 Å². The summed E-state index contributed by atoms with van der Waals surface area (Å²) in [5.74, 6) is -1.31. The van der Waals surface area contributed by atoms with Gasteiger partial charge in [0.05, 0.1) is 12.1 Å². The standard InChI is InChI=1S/C16H15FIN3O2/c1-10-2-5-12(6-3-10)19-9-15(22)20-21-16(23)13-7-4-11(17)8-14(13)18/h2-8,19H,9H2,1H3,(H,20,22)(H,21,23). The van der Waals surface area contributed by atoms with Gasteiger partial charge in [0, 0.05) is 9.26 Å². The Balaban J connectivity index is 1.81. The Labute approximate surface area is 146 Å². The summed E-state index contributed by atoms with van der Waals surface area (Å²) in [7, 11) is 0. The smallest absolute Gasteiger partial charge is 0.270 e. The minimum absolute atomic E-state index is 0.0177. The number of anilines is 1. The molecule has 0 aromatic heterocycles. The lowest BCUT2D eigenvalue weighted by Gasteiger charge is -2.10. The lowest BCUT2D eigenvalue weighted by molar-refractivity contribution is -0.120. The van der Waals surface area contributed by atoms with Crippen molar-refractivity contribution in [2.75, 3.05) is 11.9 Å². The molecule has 0 unspecified atom stereocenters. The van der Waals surface area contributed by atoms with Gasteiger partial charge >= 0.3 is 0 Å². The first-order valence-electron chi connectivity index (χ1n) is 6.80. The number of aryl methyl sites for hydroxylation is 1. The molecule has 2 aromatic rings. The molecule has 2 amide bonds. The molecule has 120 valence electrons. The van der Waals surface area contributed by atoms with Crippen molar-refractivity contribution in [2.24, 2.45) is 0 Å². The first-order valence-corrected chi connectivity index (χ1v) is 7.88. The lowest BCUT2D eigenvalue weighted by Crippen LogP contribution is -2.44. The molecule has 23 heavy (non-hydrogen) atoms. The van der Waals surface area contributed by atoms with E-state index < -0.39 is 17.6 Å². The number of hydrazine groups is 1. The molecule has 0 radical (unpaired) electrons. The van der Waals surface area contributed by atoms with Gasteiger partial charge < -0.3 is 5.32 Å². The minimum Gasteiger partial charge on any atom is -0.376 e. The van der Waals surface area contributed by atoms with E-state index in [2.05, 4.69) is 16.2 Å². The summed E-state index contributed by atoms with van der Waals surface area (Å²) in [6.45, 7) is 1.99. The van der Waals surface area contributed by atoms with Gasteiger partial charge in [-0.15, -0.1) is 0 Å². The van der Waals surface area contributed by atoms with Crippen LogP contribution in [0, 0.1) is 16.3 Å². The SMILES string of the molecule is Cc1ccc(NCC(=O)NNC(=O)c2ccc(F)cc2I)cc1. The van der Waals surface area contributed by atoms with Crippen LogP contribution in [0.3, 0.4) is 0 Å². The number of carbonyl (C=O) groups is 2. The summed E-state index contributed by atoms with van der Waals surface area (Å²) in [6.07, 6.45) is 0. The van der Waals surface area contributed by atoms with Crippen LogP contribution >= 0.6 is 22.6 Å². The highest BCUT2D eigenvalue weighted by Gasteiger charge is 2.11. The van der Waals surface area contributed by atoms with Gasteiger partial charge in [-0.1, -0.05) is 17.7 Å². The van der Waals surface area contributed by atoms with Gasteiger partial charge in [-0.05, 0) is 59.8 Å². The number of benzene rings is 2. The predicted molar refractivity (Wildman–Crippen MR) is 94.4 cm³/mol. The second-order valence-corrected chi connectivity index (χ2v) is 6.01. The van der Waals surface area contributed by atoms with Crippen LogP contribution in [0.25, 0.3) is 0 Å². The first-order chi connectivity index (χ1) is 11.0. The Hall–Kier alpha value is -2.16. The van der Waals surface area contributed by atoms with Gasteiger partial charge in [0.2, 0.25) is 0 Å². The molecule has 5 nitrogen and oxygen atoms in total. The molecule has 0 aliphatic heterocycles. The van der Waals surface area contributed by atoms with Gasteiger partial charge in [0.15, 0.2) is 0 Å². The molecule has 0 atom stereocenters. The van der Waals surface area contributed by atoms with E-state index in [1.165, 1.54) is 18.2 Å². The van der Waals surface area contributed by atoms with Crippen molar-refractivity contribution in [1.82, 2.24) is 10.9 Å². The Bertz CT molecular complexity index is 720. The van der Waals surface area contributed by atoms with E-state index in [0.717, 1.165) is 11.3 Å². The quantitative estimate of drug-likeness (QED) is 0.519. The largest absolute Gasteiger partial charge is 0.376 e. The summed E-state index contributed by atoms with van der Waals surface area (Å²) in [4.78, 5) is 23.6. The Morgan fingerprint density at radius 1 is 1.09 bits per heavy atom. The number of hydrogen-bond acceptors (Lipinski definition) is 3. The van der Waals surface area contributed by atoms with Gasteiger partial charge in [-0.2, -0.15) is 0 Å². The molecule has 2 rings (SSSR count). The molecule has 0 aliphatic rings. The summed E-state index contributed by atoms with van der Waals surface area (Å²) >= 11 is 1.86. The first kappa shape index (κ1) is 17.2. The van der Waals surface area contributed by atoms with Gasteiger partial charge in [-0.25, -0.2) is 4.39 Å². The van der Waals surface area contributed by atoms with Crippen LogP contribution in [-0.2, 0) is 4.79 Å². The number of carbonyl (C=O) groups excluding carboxylic acids is 2. The van der Waals surface area contributed by atoms with Crippen molar-refractivity contribution < 1.29 is 14.0 Å². The second-order valence-electron chi connectivity index (χ2n) is 4.85. The maximum atomic E-state index is 13.0. The fourth-order valence-electron chi connectivity index (χ4n) is 1.77. The molecule has 0 spiro atoms. The summed E-state index contributed by atoms with van der Waals surface area (Å²) in [5.41, 5.74) is 6.83. The predicted octanol–water partition coefficient (Wildman–Crippen LogP) is 2.61. The maximum absolute atomic E-state index is 13.0. The summed E-state index contributed by atoms with van der Waals surface area (Å²) < 4.78 is 13.5. The zero-order chi connectivity index (χ0) is 16.8. The number of hydrogen-bond donors (Lipinski definition) is 3. The molecule has 7 heteroatoms. The highest BCUT2D eigenvalue weighted by molar-refractivity contribution is 14.1. The molecule has 0 heterocycles. The molecule has 0 saturated heterocycles. The lowest BCUT2D eigenvalue weighted by atomic mass is 10.2. The third kappa shape index (κ3) is 5.20. The van der Waals surface area contributed by atoms with Crippen LogP contribution in [-0.4, -0.2) is 18.4 Å². The zero-order valence-corrected chi connectivity index (χ0v) is 14.5. The molecule has 3 N–H and O–H groups in total.